The monoisotopic (exact) mass is 575 g/mol. The van der Waals surface area contributed by atoms with Crippen LogP contribution in [-0.4, -0.2) is 27.0 Å². The first-order valence-electron chi connectivity index (χ1n) is 16.3. The molecule has 0 amide bonds. The van der Waals surface area contributed by atoms with Crippen LogP contribution in [0, 0.1) is 11.3 Å². The molecule has 0 saturated carbocycles. The molecule has 230 valence electrons. The number of nitriles is 1. The van der Waals surface area contributed by atoms with Gasteiger partial charge in [0.2, 0.25) is 0 Å². The predicted octanol–water partition coefficient (Wildman–Crippen LogP) is 9.89. The Hall–Kier alpha value is -2.91. The van der Waals surface area contributed by atoms with Gasteiger partial charge in [0, 0.05) is 12.6 Å². The summed E-state index contributed by atoms with van der Waals surface area (Å²) in [7, 11) is 3.45. The Kier molecular flexibility index (Phi) is 15.4. The van der Waals surface area contributed by atoms with Crippen molar-refractivity contribution in [2.24, 2.45) is 10.2 Å². The maximum Gasteiger partial charge on any atom is 0.189 e. The quantitative estimate of drug-likeness (QED) is 0.110. The fourth-order valence-corrected chi connectivity index (χ4v) is 6.12. The molecule has 0 bridgehead atoms. The Bertz CT molecular complexity index is 1110. The summed E-state index contributed by atoms with van der Waals surface area (Å²) in [4.78, 5) is 0. The van der Waals surface area contributed by atoms with E-state index in [0.717, 1.165) is 67.6 Å². The lowest BCUT2D eigenvalue weighted by Crippen LogP contribution is -2.26. The summed E-state index contributed by atoms with van der Waals surface area (Å²) in [6.45, 7) is 3.09. The fourth-order valence-electron chi connectivity index (χ4n) is 6.12. The van der Waals surface area contributed by atoms with E-state index in [0.29, 0.717) is 6.61 Å². The van der Waals surface area contributed by atoms with E-state index in [9.17, 15) is 5.26 Å². The van der Waals surface area contributed by atoms with Gasteiger partial charge in [-0.15, -0.1) is 0 Å². The van der Waals surface area contributed by atoms with Crippen LogP contribution >= 0.6 is 0 Å². The van der Waals surface area contributed by atoms with Gasteiger partial charge >= 0.3 is 0 Å². The second-order valence-corrected chi connectivity index (χ2v) is 11.8. The molecule has 2 unspecified atom stereocenters. The number of fused-ring (bicyclic) bond motifs is 1. The highest BCUT2D eigenvalue weighted by Gasteiger charge is 2.33. The topological polar surface area (TPSA) is 76.2 Å². The van der Waals surface area contributed by atoms with Gasteiger partial charge in [-0.2, -0.15) is 15.5 Å². The van der Waals surface area contributed by atoms with Crippen molar-refractivity contribution in [3.8, 4) is 17.6 Å². The number of aryl methyl sites for hydroxylation is 1. The number of hydrogen-bond donors (Lipinski definition) is 0. The average molecular weight is 576 g/mol. The highest BCUT2D eigenvalue weighted by atomic mass is 16.7. The van der Waals surface area contributed by atoms with Crippen LogP contribution in [0.3, 0.4) is 0 Å². The largest absolute Gasteiger partial charge is 0.497 e. The first-order valence-corrected chi connectivity index (χ1v) is 16.3. The van der Waals surface area contributed by atoms with Gasteiger partial charge < -0.3 is 14.2 Å². The number of unbranched alkanes of at least 4 members (excludes halogenated alkanes) is 9. The lowest BCUT2D eigenvalue weighted by molar-refractivity contribution is -0.0164. The first-order chi connectivity index (χ1) is 20.6. The molecule has 0 aliphatic carbocycles. The van der Waals surface area contributed by atoms with Crippen LogP contribution in [0.1, 0.15) is 120 Å². The van der Waals surface area contributed by atoms with Gasteiger partial charge in [0.05, 0.1) is 31.2 Å². The lowest BCUT2D eigenvalue weighted by Gasteiger charge is -2.29. The molecule has 1 aliphatic heterocycles. The van der Waals surface area contributed by atoms with Crippen LogP contribution in [0.2, 0.25) is 0 Å². The number of methoxy groups -OCH3 is 1. The van der Waals surface area contributed by atoms with Crippen molar-refractivity contribution in [2.75, 3.05) is 21.0 Å². The van der Waals surface area contributed by atoms with Crippen LogP contribution in [0.4, 0.5) is 0 Å². The molecule has 2 aromatic rings. The summed E-state index contributed by atoms with van der Waals surface area (Å²) in [6.07, 6.45) is 18.3. The molecular weight excluding hydrogens is 522 g/mol. The highest BCUT2D eigenvalue weighted by molar-refractivity contribution is 5.43. The van der Waals surface area contributed by atoms with Crippen molar-refractivity contribution in [3.63, 3.8) is 0 Å². The van der Waals surface area contributed by atoms with E-state index < -0.39 is 5.41 Å². The van der Waals surface area contributed by atoms with Gasteiger partial charge in [-0.3, -0.25) is 0 Å². The molecule has 42 heavy (non-hydrogen) atoms. The molecule has 0 N–H and O–H groups in total. The van der Waals surface area contributed by atoms with Crippen molar-refractivity contribution in [1.82, 2.24) is 0 Å². The first kappa shape index (κ1) is 33.6. The van der Waals surface area contributed by atoms with Crippen LogP contribution in [-0.2, 0) is 23.2 Å². The zero-order valence-corrected chi connectivity index (χ0v) is 26.4. The summed E-state index contributed by atoms with van der Waals surface area (Å²) < 4.78 is 16.6. The van der Waals surface area contributed by atoms with Gasteiger partial charge in [0.15, 0.2) is 6.79 Å². The molecule has 2 atom stereocenters. The van der Waals surface area contributed by atoms with E-state index in [1.165, 1.54) is 63.4 Å². The second kappa shape index (κ2) is 19.3. The van der Waals surface area contributed by atoms with Crippen LogP contribution in [0.5, 0.6) is 11.5 Å². The Balaban J connectivity index is 1.59. The molecule has 1 heterocycles. The number of azo groups is 1. The minimum atomic E-state index is -0.521. The van der Waals surface area contributed by atoms with E-state index in [2.05, 4.69) is 47.5 Å². The van der Waals surface area contributed by atoms with Crippen molar-refractivity contribution < 1.29 is 14.2 Å². The summed E-state index contributed by atoms with van der Waals surface area (Å²) >= 11 is 0. The Morgan fingerprint density at radius 1 is 0.929 bits per heavy atom. The van der Waals surface area contributed by atoms with Gasteiger partial charge in [-0.25, -0.2) is 0 Å². The normalized spacial score (nSPS) is 15.0. The Morgan fingerprint density at radius 2 is 1.67 bits per heavy atom. The summed E-state index contributed by atoms with van der Waals surface area (Å²) in [5.74, 6) is 1.75. The molecule has 3 rings (SSSR count). The Labute approximate surface area is 254 Å². The zero-order valence-electron chi connectivity index (χ0n) is 26.4. The molecule has 6 nitrogen and oxygen atoms in total. The highest BCUT2D eigenvalue weighted by Crippen LogP contribution is 2.38. The third kappa shape index (κ3) is 11.1. The number of nitrogens with zero attached hydrogens (tertiary/aromatic N) is 3. The molecule has 0 aromatic heterocycles. The van der Waals surface area contributed by atoms with E-state index in [-0.39, 0.29) is 12.8 Å². The minimum Gasteiger partial charge on any atom is -0.497 e. The Morgan fingerprint density at radius 3 is 2.38 bits per heavy atom. The number of rotatable bonds is 21. The smallest absolute Gasteiger partial charge is 0.189 e. The third-order valence-corrected chi connectivity index (χ3v) is 8.66. The molecular formula is C36H53N3O3. The summed E-state index contributed by atoms with van der Waals surface area (Å²) in [6, 6.07) is 17.5. The zero-order chi connectivity index (χ0) is 29.9. The lowest BCUT2D eigenvalue weighted by atomic mass is 9.73. The van der Waals surface area contributed by atoms with E-state index in [4.69, 9.17) is 14.2 Å². The van der Waals surface area contributed by atoms with E-state index >= 15 is 0 Å². The predicted molar refractivity (Wildman–Crippen MR) is 170 cm³/mol. The van der Waals surface area contributed by atoms with Gasteiger partial charge in [0.25, 0.3) is 0 Å². The van der Waals surface area contributed by atoms with Crippen LogP contribution < -0.4 is 9.47 Å². The van der Waals surface area contributed by atoms with Crippen molar-refractivity contribution >= 4 is 0 Å². The summed E-state index contributed by atoms with van der Waals surface area (Å²) in [5.41, 5.74) is 2.86. The summed E-state index contributed by atoms with van der Waals surface area (Å²) in [5, 5.41) is 19.4. The SMILES string of the molecule is CCCCCCCCCCCCC(C#N)(CCCC(CCc1cccc(OC)c1)N=NC)c1ccc2c(c1)COCO2. The van der Waals surface area contributed by atoms with E-state index in [1.54, 1.807) is 14.2 Å². The van der Waals surface area contributed by atoms with Crippen molar-refractivity contribution in [3.05, 3.63) is 59.2 Å². The van der Waals surface area contributed by atoms with E-state index in [1.807, 2.05) is 18.2 Å². The van der Waals surface area contributed by atoms with Crippen LogP contribution in [0.25, 0.3) is 0 Å². The molecule has 0 fully saturated rings. The van der Waals surface area contributed by atoms with Gasteiger partial charge in [-0.1, -0.05) is 89.3 Å². The van der Waals surface area contributed by atoms with Gasteiger partial charge in [-0.05, 0) is 73.9 Å². The number of benzene rings is 2. The maximum absolute atomic E-state index is 10.7. The number of ether oxygens (including phenoxy) is 3. The van der Waals surface area contributed by atoms with Crippen molar-refractivity contribution in [2.45, 2.75) is 128 Å². The third-order valence-electron chi connectivity index (χ3n) is 8.66. The molecule has 1 aliphatic rings. The average Bonchev–Trinajstić information content (AvgIpc) is 3.03. The second-order valence-electron chi connectivity index (χ2n) is 11.8. The minimum absolute atomic E-state index is 0.139. The molecule has 6 heteroatoms. The maximum atomic E-state index is 10.7. The van der Waals surface area contributed by atoms with Crippen molar-refractivity contribution in [1.29, 1.82) is 5.26 Å². The molecule has 2 aromatic carbocycles. The number of hydrogen-bond acceptors (Lipinski definition) is 6. The molecule has 0 spiro atoms. The molecule has 0 saturated heterocycles. The van der Waals surface area contributed by atoms with Crippen LogP contribution in [0.15, 0.2) is 52.7 Å². The standard InChI is InChI=1S/C36H53N3O3/c1-4-5-6-7-8-9-10-11-12-13-23-36(28-37,32-20-22-35-31(26-32)27-41-29-42-35)24-15-17-33(39-38-2)21-19-30-16-14-18-34(25-30)40-3/h14,16,18,20,22,25-26,33H,4-13,15,17,19,21,23-24,27,29H2,1-3H3. The fraction of sp³-hybridized carbons (Fsp3) is 0.639. The molecule has 0 radical (unpaired) electrons. The van der Waals surface area contributed by atoms with Gasteiger partial charge in [0.1, 0.15) is 11.5 Å².